The molecule has 0 spiro atoms. The lowest BCUT2D eigenvalue weighted by Crippen LogP contribution is -2.25. The number of anilines is 1. The standard InChI is InChI=1S/C26H25N3O3S/c1-2-16-27-33(31,32)19-21-12-14-23(15-13-21)28-26(30)25-17-22-10-6-7-11-24(22)29(25)18-20-8-4-3-5-9-20/h2-15,17,27H,1,16,18-19H2,(H,28,30). The maximum Gasteiger partial charge on any atom is 0.272 e. The summed E-state index contributed by atoms with van der Waals surface area (Å²) in [5, 5.41) is 3.92. The molecule has 6 nitrogen and oxygen atoms in total. The van der Waals surface area contributed by atoms with Crippen LogP contribution in [0.15, 0.2) is 97.6 Å². The lowest BCUT2D eigenvalue weighted by molar-refractivity contribution is 0.101. The number of nitrogens with one attached hydrogen (secondary N) is 2. The third kappa shape index (κ3) is 5.58. The van der Waals surface area contributed by atoms with E-state index < -0.39 is 10.0 Å². The fraction of sp³-hybridized carbons (Fsp3) is 0.115. The first kappa shape index (κ1) is 22.5. The van der Waals surface area contributed by atoms with Crippen LogP contribution in [-0.4, -0.2) is 25.4 Å². The van der Waals surface area contributed by atoms with Crippen LogP contribution in [0.3, 0.4) is 0 Å². The highest BCUT2D eigenvalue weighted by Gasteiger charge is 2.16. The zero-order valence-corrected chi connectivity index (χ0v) is 18.9. The Kier molecular flexibility index (Phi) is 6.72. The Morgan fingerprint density at radius 2 is 1.61 bits per heavy atom. The summed E-state index contributed by atoms with van der Waals surface area (Å²) < 4.78 is 28.5. The van der Waals surface area contributed by atoms with Crippen molar-refractivity contribution in [2.24, 2.45) is 0 Å². The highest BCUT2D eigenvalue weighted by atomic mass is 32.2. The number of aromatic nitrogens is 1. The molecule has 0 radical (unpaired) electrons. The van der Waals surface area contributed by atoms with Crippen molar-refractivity contribution in [1.29, 1.82) is 0 Å². The van der Waals surface area contributed by atoms with Crippen LogP contribution >= 0.6 is 0 Å². The van der Waals surface area contributed by atoms with Gasteiger partial charge in [0.05, 0.1) is 5.75 Å². The molecule has 1 aromatic heterocycles. The number of fused-ring (bicyclic) bond motifs is 1. The van der Waals surface area contributed by atoms with E-state index in [2.05, 4.69) is 16.6 Å². The summed E-state index contributed by atoms with van der Waals surface area (Å²) in [4.78, 5) is 13.2. The van der Waals surface area contributed by atoms with Gasteiger partial charge in [-0.2, -0.15) is 0 Å². The van der Waals surface area contributed by atoms with Crippen LogP contribution in [0.4, 0.5) is 5.69 Å². The van der Waals surface area contributed by atoms with Crippen molar-refractivity contribution in [2.45, 2.75) is 12.3 Å². The number of hydrogen-bond acceptors (Lipinski definition) is 3. The molecule has 3 aromatic carbocycles. The topological polar surface area (TPSA) is 80.2 Å². The fourth-order valence-corrected chi connectivity index (χ4v) is 4.78. The van der Waals surface area contributed by atoms with Crippen LogP contribution < -0.4 is 10.0 Å². The Bertz CT molecular complexity index is 1380. The number of carbonyl (C=O) groups excluding carboxylic acids is 1. The van der Waals surface area contributed by atoms with Gasteiger partial charge in [0.25, 0.3) is 5.91 Å². The predicted octanol–water partition coefficient (Wildman–Crippen LogP) is 4.55. The summed E-state index contributed by atoms with van der Waals surface area (Å²) in [6, 6.07) is 26.6. The minimum Gasteiger partial charge on any atom is -0.332 e. The largest absolute Gasteiger partial charge is 0.332 e. The van der Waals surface area contributed by atoms with Gasteiger partial charge in [0.2, 0.25) is 10.0 Å². The Morgan fingerprint density at radius 1 is 0.909 bits per heavy atom. The molecule has 1 heterocycles. The summed E-state index contributed by atoms with van der Waals surface area (Å²) in [6.45, 7) is 4.27. The number of carbonyl (C=O) groups is 1. The molecule has 0 saturated heterocycles. The molecule has 0 saturated carbocycles. The van der Waals surface area contributed by atoms with Gasteiger partial charge in [0.15, 0.2) is 0 Å². The monoisotopic (exact) mass is 459 g/mol. The first-order valence-corrected chi connectivity index (χ1v) is 12.2. The van der Waals surface area contributed by atoms with Gasteiger partial charge in [-0.25, -0.2) is 13.1 Å². The van der Waals surface area contributed by atoms with E-state index in [4.69, 9.17) is 0 Å². The van der Waals surface area contributed by atoms with Gasteiger partial charge >= 0.3 is 0 Å². The molecule has 4 rings (SSSR count). The average Bonchev–Trinajstić information content (AvgIpc) is 3.18. The van der Waals surface area contributed by atoms with E-state index in [9.17, 15) is 13.2 Å². The molecule has 0 aliphatic carbocycles. The lowest BCUT2D eigenvalue weighted by atomic mass is 10.2. The van der Waals surface area contributed by atoms with E-state index in [0.29, 0.717) is 23.5 Å². The number of para-hydroxylation sites is 1. The number of sulfonamides is 1. The number of rotatable bonds is 9. The second-order valence-electron chi connectivity index (χ2n) is 7.71. The molecular weight excluding hydrogens is 434 g/mol. The van der Waals surface area contributed by atoms with Crippen molar-refractivity contribution in [1.82, 2.24) is 9.29 Å². The SMILES string of the molecule is C=CCNS(=O)(=O)Cc1ccc(NC(=O)c2cc3ccccc3n2Cc2ccccc2)cc1. The first-order chi connectivity index (χ1) is 15.9. The van der Waals surface area contributed by atoms with E-state index in [1.807, 2.05) is 65.2 Å². The van der Waals surface area contributed by atoms with E-state index in [1.165, 1.54) is 6.08 Å². The number of hydrogen-bond donors (Lipinski definition) is 2. The summed E-state index contributed by atoms with van der Waals surface area (Å²) in [7, 11) is -3.44. The molecule has 0 fully saturated rings. The molecule has 0 atom stereocenters. The molecule has 0 aliphatic rings. The fourth-order valence-electron chi connectivity index (χ4n) is 3.67. The van der Waals surface area contributed by atoms with Crippen LogP contribution in [0.25, 0.3) is 10.9 Å². The van der Waals surface area contributed by atoms with E-state index >= 15 is 0 Å². The maximum atomic E-state index is 13.2. The highest BCUT2D eigenvalue weighted by Crippen LogP contribution is 2.23. The molecule has 0 unspecified atom stereocenters. The molecular formula is C26H25N3O3S. The summed E-state index contributed by atoms with van der Waals surface area (Å²) in [5.41, 5.74) is 3.86. The Morgan fingerprint density at radius 3 is 2.33 bits per heavy atom. The van der Waals surface area contributed by atoms with E-state index in [-0.39, 0.29) is 18.2 Å². The van der Waals surface area contributed by atoms with Crippen molar-refractivity contribution in [2.75, 3.05) is 11.9 Å². The van der Waals surface area contributed by atoms with E-state index in [0.717, 1.165) is 16.5 Å². The van der Waals surface area contributed by atoms with Crippen molar-refractivity contribution >= 4 is 32.5 Å². The summed E-state index contributed by atoms with van der Waals surface area (Å²) in [5.74, 6) is -0.365. The van der Waals surface area contributed by atoms with Crippen molar-refractivity contribution < 1.29 is 13.2 Å². The molecule has 2 N–H and O–H groups in total. The molecule has 0 bridgehead atoms. The minimum absolute atomic E-state index is 0.139. The molecule has 0 aliphatic heterocycles. The Hall–Kier alpha value is -3.68. The smallest absolute Gasteiger partial charge is 0.272 e. The third-order valence-corrected chi connectivity index (χ3v) is 6.56. The quantitative estimate of drug-likeness (QED) is 0.361. The molecule has 7 heteroatoms. The zero-order valence-electron chi connectivity index (χ0n) is 18.1. The lowest BCUT2D eigenvalue weighted by Gasteiger charge is -2.12. The van der Waals surface area contributed by atoms with Crippen molar-refractivity contribution in [3.63, 3.8) is 0 Å². The van der Waals surface area contributed by atoms with Crippen LogP contribution in [0.2, 0.25) is 0 Å². The van der Waals surface area contributed by atoms with Crippen molar-refractivity contribution in [3.05, 3.63) is 114 Å². The predicted molar refractivity (Wildman–Crippen MR) is 133 cm³/mol. The van der Waals surface area contributed by atoms with Crippen molar-refractivity contribution in [3.8, 4) is 0 Å². The maximum absolute atomic E-state index is 13.2. The van der Waals surface area contributed by atoms with Crippen LogP contribution in [0, 0.1) is 0 Å². The third-order valence-electron chi connectivity index (χ3n) is 5.24. The molecule has 4 aromatic rings. The number of amides is 1. The van der Waals surface area contributed by atoms with Crippen LogP contribution in [0.5, 0.6) is 0 Å². The van der Waals surface area contributed by atoms with Gasteiger partial charge in [-0.1, -0.05) is 66.7 Å². The Labute approximate surface area is 193 Å². The van der Waals surface area contributed by atoms with Gasteiger partial charge in [0, 0.05) is 29.7 Å². The second kappa shape index (κ2) is 9.85. The summed E-state index contributed by atoms with van der Waals surface area (Å²) in [6.07, 6.45) is 1.49. The van der Waals surface area contributed by atoms with Crippen LogP contribution in [-0.2, 0) is 22.3 Å². The van der Waals surface area contributed by atoms with Crippen LogP contribution in [0.1, 0.15) is 21.6 Å². The average molecular weight is 460 g/mol. The minimum atomic E-state index is -3.44. The normalized spacial score (nSPS) is 11.4. The first-order valence-electron chi connectivity index (χ1n) is 10.6. The van der Waals surface area contributed by atoms with Gasteiger partial charge in [-0.3, -0.25) is 4.79 Å². The Balaban J connectivity index is 1.54. The van der Waals surface area contributed by atoms with Gasteiger partial charge in [-0.05, 0) is 35.4 Å². The summed E-state index contributed by atoms with van der Waals surface area (Å²) >= 11 is 0. The van der Waals surface area contributed by atoms with Gasteiger partial charge in [-0.15, -0.1) is 6.58 Å². The number of nitrogens with zero attached hydrogens (tertiary/aromatic N) is 1. The highest BCUT2D eigenvalue weighted by molar-refractivity contribution is 7.88. The molecule has 168 valence electrons. The number of benzene rings is 3. The molecule has 33 heavy (non-hydrogen) atoms. The van der Waals surface area contributed by atoms with Gasteiger partial charge < -0.3 is 9.88 Å². The second-order valence-corrected chi connectivity index (χ2v) is 9.51. The van der Waals surface area contributed by atoms with Gasteiger partial charge in [0.1, 0.15) is 5.69 Å². The zero-order chi connectivity index (χ0) is 23.3. The molecule has 1 amide bonds. The van der Waals surface area contributed by atoms with E-state index in [1.54, 1.807) is 24.3 Å².